The minimum atomic E-state index is -3.39. The molecule has 2 heterocycles. The summed E-state index contributed by atoms with van der Waals surface area (Å²) in [5.74, 6) is 0. The van der Waals surface area contributed by atoms with Crippen LogP contribution in [0.1, 0.15) is 24.6 Å². The summed E-state index contributed by atoms with van der Waals surface area (Å²) in [6.07, 6.45) is 2.45. The number of likely N-dealkylation sites (tertiary alicyclic amines) is 1. The summed E-state index contributed by atoms with van der Waals surface area (Å²) < 4.78 is 28.0. The molecular formula is C13H23N3O2S2. The lowest BCUT2D eigenvalue weighted by Crippen LogP contribution is -2.47. The third kappa shape index (κ3) is 3.79. The van der Waals surface area contributed by atoms with Gasteiger partial charge in [-0.3, -0.25) is 0 Å². The topological polar surface area (TPSA) is 75.4 Å². The van der Waals surface area contributed by atoms with Gasteiger partial charge in [0.25, 0.3) is 0 Å². The van der Waals surface area contributed by atoms with Crippen molar-refractivity contribution in [3.8, 4) is 0 Å². The molecule has 1 aromatic heterocycles. The van der Waals surface area contributed by atoms with Gasteiger partial charge in [-0.25, -0.2) is 13.1 Å². The summed E-state index contributed by atoms with van der Waals surface area (Å²) in [5.41, 5.74) is 5.49. The number of sulfonamides is 1. The van der Waals surface area contributed by atoms with E-state index in [9.17, 15) is 8.42 Å². The molecule has 0 spiro atoms. The fourth-order valence-electron chi connectivity index (χ4n) is 2.45. The standard InChI is InChI=1S/C13H23N3O2S2/c1-10-9-11(6-8-16(10)2)15-20(17,18)13-4-3-12(19-13)5-7-14/h3-4,10-11,15H,5-9,14H2,1-2H3. The van der Waals surface area contributed by atoms with Gasteiger partial charge in [0.2, 0.25) is 10.0 Å². The van der Waals surface area contributed by atoms with Crippen LogP contribution in [0.15, 0.2) is 16.3 Å². The van der Waals surface area contributed by atoms with Crippen LogP contribution in [-0.4, -0.2) is 45.5 Å². The normalized spacial score (nSPS) is 24.9. The van der Waals surface area contributed by atoms with Crippen LogP contribution in [0.2, 0.25) is 0 Å². The predicted octanol–water partition coefficient (Wildman–Crippen LogP) is 1.01. The molecule has 2 atom stereocenters. The molecule has 0 amide bonds. The van der Waals surface area contributed by atoms with E-state index in [0.29, 0.717) is 16.8 Å². The lowest BCUT2D eigenvalue weighted by atomic mass is 10.0. The summed E-state index contributed by atoms with van der Waals surface area (Å²) in [6.45, 7) is 3.60. The molecular weight excluding hydrogens is 294 g/mol. The molecule has 1 aliphatic heterocycles. The van der Waals surface area contributed by atoms with E-state index in [4.69, 9.17) is 5.73 Å². The van der Waals surface area contributed by atoms with Gasteiger partial charge in [0.05, 0.1) is 0 Å². The number of hydrogen-bond acceptors (Lipinski definition) is 5. The van der Waals surface area contributed by atoms with Crippen LogP contribution in [0, 0.1) is 0 Å². The van der Waals surface area contributed by atoms with Crippen molar-refractivity contribution in [3.05, 3.63) is 17.0 Å². The first-order chi connectivity index (χ1) is 9.42. The first-order valence-corrected chi connectivity index (χ1v) is 9.23. The Kier molecular flexibility index (Phi) is 5.19. The molecule has 5 nitrogen and oxygen atoms in total. The minimum Gasteiger partial charge on any atom is -0.330 e. The zero-order valence-corrected chi connectivity index (χ0v) is 13.6. The Hall–Kier alpha value is -0.470. The van der Waals surface area contributed by atoms with Gasteiger partial charge in [0, 0.05) is 17.0 Å². The van der Waals surface area contributed by atoms with E-state index in [1.54, 1.807) is 6.07 Å². The highest BCUT2D eigenvalue weighted by atomic mass is 32.2. The van der Waals surface area contributed by atoms with Gasteiger partial charge >= 0.3 is 0 Å². The maximum Gasteiger partial charge on any atom is 0.250 e. The minimum absolute atomic E-state index is 0.0336. The smallest absolute Gasteiger partial charge is 0.250 e. The zero-order valence-electron chi connectivity index (χ0n) is 12.0. The second-order valence-electron chi connectivity index (χ2n) is 5.43. The maximum atomic E-state index is 12.4. The Morgan fingerprint density at radius 1 is 1.50 bits per heavy atom. The fourth-order valence-corrected chi connectivity index (χ4v) is 5.12. The number of hydrogen-bond donors (Lipinski definition) is 2. The van der Waals surface area contributed by atoms with E-state index in [0.717, 1.165) is 30.7 Å². The van der Waals surface area contributed by atoms with Crippen LogP contribution >= 0.6 is 11.3 Å². The third-order valence-electron chi connectivity index (χ3n) is 3.82. The number of piperidine rings is 1. The highest BCUT2D eigenvalue weighted by molar-refractivity contribution is 7.91. The summed E-state index contributed by atoms with van der Waals surface area (Å²) in [5, 5.41) is 0. The molecule has 0 bridgehead atoms. The summed E-state index contributed by atoms with van der Waals surface area (Å²) in [4.78, 5) is 3.28. The van der Waals surface area contributed by atoms with Crippen molar-refractivity contribution >= 4 is 21.4 Å². The lowest BCUT2D eigenvalue weighted by molar-refractivity contribution is 0.178. The van der Waals surface area contributed by atoms with Crippen molar-refractivity contribution in [1.29, 1.82) is 0 Å². The van der Waals surface area contributed by atoms with Gasteiger partial charge < -0.3 is 10.6 Å². The van der Waals surface area contributed by atoms with Crippen LogP contribution in [0.4, 0.5) is 0 Å². The molecule has 1 fully saturated rings. The number of nitrogens with zero attached hydrogens (tertiary/aromatic N) is 1. The van der Waals surface area contributed by atoms with E-state index in [1.165, 1.54) is 11.3 Å². The number of nitrogens with two attached hydrogens (primary N) is 1. The second-order valence-corrected chi connectivity index (χ2v) is 8.54. The molecule has 3 N–H and O–H groups in total. The van der Waals surface area contributed by atoms with Crippen molar-refractivity contribution in [2.24, 2.45) is 5.73 Å². The Bertz CT molecular complexity index is 542. The molecule has 1 saturated heterocycles. The largest absolute Gasteiger partial charge is 0.330 e. The van der Waals surface area contributed by atoms with Crippen molar-refractivity contribution in [3.63, 3.8) is 0 Å². The van der Waals surface area contributed by atoms with E-state index < -0.39 is 10.0 Å². The van der Waals surface area contributed by atoms with E-state index in [-0.39, 0.29) is 6.04 Å². The van der Waals surface area contributed by atoms with Crippen molar-refractivity contribution in [2.45, 2.75) is 42.5 Å². The zero-order chi connectivity index (χ0) is 14.8. The summed E-state index contributed by atoms with van der Waals surface area (Å²) in [6, 6.07) is 3.97. The molecule has 0 aliphatic carbocycles. The van der Waals surface area contributed by atoms with Gasteiger partial charge in [-0.1, -0.05) is 0 Å². The average molecular weight is 317 g/mol. The van der Waals surface area contributed by atoms with E-state index >= 15 is 0 Å². The van der Waals surface area contributed by atoms with Crippen LogP contribution in [0.3, 0.4) is 0 Å². The predicted molar refractivity (Wildman–Crippen MR) is 82.5 cm³/mol. The van der Waals surface area contributed by atoms with Crippen molar-refractivity contribution in [1.82, 2.24) is 9.62 Å². The first kappa shape index (κ1) is 15.9. The van der Waals surface area contributed by atoms with Gasteiger partial charge in [0.15, 0.2) is 0 Å². The molecule has 2 unspecified atom stereocenters. The number of thiophene rings is 1. The number of rotatable bonds is 5. The Morgan fingerprint density at radius 2 is 2.25 bits per heavy atom. The quantitative estimate of drug-likeness (QED) is 0.850. The third-order valence-corrected chi connectivity index (χ3v) is 6.98. The summed E-state index contributed by atoms with van der Waals surface area (Å²) >= 11 is 1.31. The molecule has 0 radical (unpaired) electrons. The highest BCUT2D eigenvalue weighted by Gasteiger charge is 2.27. The van der Waals surface area contributed by atoms with Gasteiger partial charge in [-0.05, 0) is 58.5 Å². The maximum absolute atomic E-state index is 12.4. The second kappa shape index (κ2) is 6.53. The molecule has 2 rings (SSSR count). The van der Waals surface area contributed by atoms with E-state index in [1.807, 2.05) is 6.07 Å². The molecule has 7 heteroatoms. The van der Waals surface area contributed by atoms with Crippen molar-refractivity contribution < 1.29 is 8.42 Å². The molecule has 114 valence electrons. The first-order valence-electron chi connectivity index (χ1n) is 6.93. The van der Waals surface area contributed by atoms with E-state index in [2.05, 4.69) is 23.6 Å². The molecule has 0 aromatic carbocycles. The molecule has 0 saturated carbocycles. The van der Waals surface area contributed by atoms with Crippen molar-refractivity contribution in [2.75, 3.05) is 20.1 Å². The summed E-state index contributed by atoms with van der Waals surface area (Å²) in [7, 11) is -1.31. The number of nitrogens with one attached hydrogen (secondary N) is 1. The SMILES string of the molecule is CC1CC(NS(=O)(=O)c2ccc(CCN)s2)CCN1C. The monoisotopic (exact) mass is 317 g/mol. The van der Waals surface area contributed by atoms with Crippen LogP contribution in [0.5, 0.6) is 0 Å². The highest BCUT2D eigenvalue weighted by Crippen LogP contribution is 2.24. The Labute approximate surface area is 125 Å². The molecule has 20 heavy (non-hydrogen) atoms. The van der Waals surface area contributed by atoms with Crippen LogP contribution < -0.4 is 10.5 Å². The fraction of sp³-hybridized carbons (Fsp3) is 0.692. The van der Waals surface area contributed by atoms with Crippen LogP contribution in [-0.2, 0) is 16.4 Å². The Balaban J connectivity index is 2.03. The Morgan fingerprint density at radius 3 is 2.90 bits per heavy atom. The average Bonchev–Trinajstić information content (AvgIpc) is 2.83. The van der Waals surface area contributed by atoms with Gasteiger partial charge in [-0.15, -0.1) is 11.3 Å². The lowest BCUT2D eigenvalue weighted by Gasteiger charge is -2.35. The van der Waals surface area contributed by atoms with Crippen LogP contribution in [0.25, 0.3) is 0 Å². The molecule has 1 aliphatic rings. The van der Waals surface area contributed by atoms with Gasteiger partial charge in [0.1, 0.15) is 4.21 Å². The van der Waals surface area contributed by atoms with Gasteiger partial charge in [-0.2, -0.15) is 0 Å². The molecule has 1 aromatic rings.